The first kappa shape index (κ1) is 51.8. The van der Waals surface area contributed by atoms with Crippen LogP contribution in [0, 0.1) is 0 Å². The Labute approximate surface area is 398 Å². The van der Waals surface area contributed by atoms with Crippen LogP contribution in [-0.2, 0) is 47.3 Å². The first-order chi connectivity index (χ1) is 30.0. The number of rotatable bonds is 16. The van der Waals surface area contributed by atoms with Crippen molar-refractivity contribution in [3.63, 3.8) is 0 Å². The maximum atomic E-state index is 12.6. The normalized spacial score (nSPS) is 13.6. The summed E-state index contributed by atoms with van der Waals surface area (Å²) < 4.78 is 14.0. The zero-order valence-electron chi connectivity index (χ0n) is 42.5. The summed E-state index contributed by atoms with van der Waals surface area (Å²) in [6.45, 7) is 32.9. The van der Waals surface area contributed by atoms with Crippen LogP contribution in [0.2, 0.25) is 0 Å². The molecule has 4 aromatic rings. The van der Waals surface area contributed by atoms with Gasteiger partial charge in [-0.2, -0.15) is 23.5 Å². The van der Waals surface area contributed by atoms with Crippen LogP contribution < -0.4 is 9.47 Å². The predicted octanol–water partition coefficient (Wildman–Crippen LogP) is 15.6. The zero-order valence-corrected chi connectivity index (χ0v) is 44.1. The van der Waals surface area contributed by atoms with E-state index in [-0.39, 0.29) is 21.7 Å². The molecule has 352 valence electrons. The van der Waals surface area contributed by atoms with Crippen molar-refractivity contribution in [2.45, 2.75) is 183 Å². The van der Waals surface area contributed by atoms with Crippen molar-refractivity contribution in [2.75, 3.05) is 36.2 Å². The first-order valence-corrected chi connectivity index (χ1v) is 26.8. The Kier molecular flexibility index (Phi) is 17.8. The topological polar surface area (TPSA) is 58.9 Å². The molecule has 0 aromatic heterocycles. The molecule has 0 heterocycles. The van der Waals surface area contributed by atoms with Crippen LogP contribution in [0.4, 0.5) is 0 Å². The molecule has 5 rings (SSSR count). The number of thioether (sulfide) groups is 2. The van der Waals surface area contributed by atoms with Crippen molar-refractivity contribution in [1.82, 2.24) is 0 Å². The van der Waals surface area contributed by atoms with Crippen molar-refractivity contribution in [3.05, 3.63) is 115 Å². The molecule has 4 aromatic carbocycles. The Morgan fingerprint density at radius 2 is 0.641 bits per heavy atom. The molecule has 0 fully saturated rings. The van der Waals surface area contributed by atoms with E-state index in [1.165, 1.54) is 46.6 Å². The number of hydrogen-bond donors (Lipinski definition) is 2. The lowest BCUT2D eigenvalue weighted by Gasteiger charge is -2.28. The van der Waals surface area contributed by atoms with Gasteiger partial charge in [-0.3, -0.25) is 0 Å². The fraction of sp³-hybridized carbons (Fsp3) is 0.586. The smallest absolute Gasteiger partial charge is 0.126 e. The second kappa shape index (κ2) is 22.1. The molecule has 64 heavy (non-hydrogen) atoms. The van der Waals surface area contributed by atoms with Gasteiger partial charge in [-0.05, 0) is 150 Å². The van der Waals surface area contributed by atoms with Crippen LogP contribution in [0.3, 0.4) is 0 Å². The van der Waals surface area contributed by atoms with Crippen molar-refractivity contribution in [2.24, 2.45) is 0 Å². The summed E-state index contributed by atoms with van der Waals surface area (Å²) in [4.78, 5) is 0. The minimum Gasteiger partial charge on any atom is -0.507 e. The van der Waals surface area contributed by atoms with Crippen LogP contribution in [0.5, 0.6) is 23.0 Å². The van der Waals surface area contributed by atoms with Crippen molar-refractivity contribution in [1.29, 1.82) is 0 Å². The van der Waals surface area contributed by atoms with Crippen LogP contribution in [0.25, 0.3) is 0 Å². The number of phenolic OH excluding ortho intramolecular Hbond substituents is 2. The molecule has 0 spiro atoms. The molecule has 8 bridgehead atoms. The molecule has 2 N–H and O–H groups in total. The molecular weight excluding hydrogens is 825 g/mol. The summed E-state index contributed by atoms with van der Waals surface area (Å²) in [5.74, 6) is 7.12. The van der Waals surface area contributed by atoms with Crippen molar-refractivity contribution >= 4 is 23.5 Å². The summed E-state index contributed by atoms with van der Waals surface area (Å²) in [5, 5.41) is 25.2. The Balaban J connectivity index is 1.81. The van der Waals surface area contributed by atoms with Crippen LogP contribution in [0.15, 0.2) is 48.5 Å². The fourth-order valence-corrected chi connectivity index (χ4v) is 10.3. The maximum Gasteiger partial charge on any atom is 0.126 e. The van der Waals surface area contributed by atoms with E-state index >= 15 is 0 Å². The number of ether oxygens (including phenoxy) is 2. The van der Waals surface area contributed by atoms with Gasteiger partial charge >= 0.3 is 0 Å². The minimum atomic E-state index is -0.149. The van der Waals surface area contributed by atoms with E-state index in [4.69, 9.17) is 9.47 Å². The van der Waals surface area contributed by atoms with Crippen LogP contribution >= 0.6 is 23.5 Å². The molecule has 6 heteroatoms. The largest absolute Gasteiger partial charge is 0.507 e. The second-order valence-corrected chi connectivity index (χ2v) is 25.0. The van der Waals surface area contributed by atoms with E-state index in [9.17, 15) is 10.2 Å². The monoisotopic (exact) mass is 909 g/mol. The second-order valence-electron chi connectivity index (χ2n) is 22.6. The summed E-state index contributed by atoms with van der Waals surface area (Å²) in [6, 6.07) is 18.2. The number of phenols is 2. The van der Waals surface area contributed by atoms with Crippen LogP contribution in [-0.4, -0.2) is 46.4 Å². The zero-order chi connectivity index (χ0) is 47.0. The minimum absolute atomic E-state index is 0.140. The third-order valence-electron chi connectivity index (χ3n) is 12.6. The van der Waals surface area contributed by atoms with Gasteiger partial charge < -0.3 is 19.7 Å². The number of fused-ring (bicyclic) bond motifs is 8. The SMILES string of the molecule is CCCSCCCCOc1c2cc(C(C)(C)C)cc1Cc1cc(C(C)(C)C)cc(c1O)Cc1cc(C(C)(C)C)cc(c1OCCCCSCCC)Cc1cc(C(C)(C)C)cc(c1O)C2. The highest BCUT2D eigenvalue weighted by molar-refractivity contribution is 7.99. The predicted molar refractivity (Wildman–Crippen MR) is 280 cm³/mol. The third kappa shape index (κ3) is 13.9. The molecule has 0 saturated carbocycles. The van der Waals surface area contributed by atoms with E-state index < -0.39 is 0 Å². The number of aromatic hydroxyl groups is 2. The van der Waals surface area contributed by atoms with Crippen LogP contribution in [0.1, 0.15) is 202 Å². The highest BCUT2D eigenvalue weighted by atomic mass is 32.2. The Morgan fingerprint density at radius 1 is 0.391 bits per heavy atom. The first-order valence-electron chi connectivity index (χ1n) is 24.4. The van der Waals surface area contributed by atoms with E-state index in [0.29, 0.717) is 50.4 Å². The summed E-state index contributed by atoms with van der Waals surface area (Å²) in [5.41, 5.74) is 12.2. The lowest BCUT2D eigenvalue weighted by Crippen LogP contribution is -2.17. The number of hydrogen-bond acceptors (Lipinski definition) is 6. The van der Waals surface area contributed by atoms with Gasteiger partial charge in [0.1, 0.15) is 23.0 Å². The molecule has 0 atom stereocenters. The van der Waals surface area contributed by atoms with Gasteiger partial charge in [0.15, 0.2) is 0 Å². The quantitative estimate of drug-likeness (QED) is 0.0962. The molecule has 0 amide bonds. The number of benzene rings is 4. The maximum absolute atomic E-state index is 12.6. The van der Waals surface area contributed by atoms with Gasteiger partial charge in [-0.1, -0.05) is 145 Å². The molecule has 0 aliphatic heterocycles. The highest BCUT2D eigenvalue weighted by Crippen LogP contribution is 2.44. The lowest BCUT2D eigenvalue weighted by molar-refractivity contribution is 0.304. The third-order valence-corrected chi connectivity index (χ3v) is 15.1. The van der Waals surface area contributed by atoms with E-state index in [2.05, 4.69) is 145 Å². The van der Waals surface area contributed by atoms with Gasteiger partial charge in [0.25, 0.3) is 0 Å². The molecule has 1 aliphatic carbocycles. The Bertz CT molecular complexity index is 1920. The summed E-state index contributed by atoms with van der Waals surface area (Å²) >= 11 is 4.04. The molecular formula is C58H84O4S2. The van der Waals surface area contributed by atoms with Gasteiger partial charge in [0, 0.05) is 25.7 Å². The fourth-order valence-electron chi connectivity index (χ4n) is 8.47. The molecule has 0 saturated heterocycles. The average molecular weight is 909 g/mol. The molecule has 0 unspecified atom stereocenters. The van der Waals surface area contributed by atoms with Gasteiger partial charge in [0.05, 0.1) is 13.2 Å². The van der Waals surface area contributed by atoms with Gasteiger partial charge in [-0.25, -0.2) is 0 Å². The Hall–Kier alpha value is -3.22. The van der Waals surface area contributed by atoms with Gasteiger partial charge in [-0.15, -0.1) is 0 Å². The Morgan fingerprint density at radius 3 is 0.875 bits per heavy atom. The van der Waals surface area contributed by atoms with Gasteiger partial charge in [0.2, 0.25) is 0 Å². The standard InChI is InChI=1S/C58H84O4S2/c1-15-23-63-25-19-17-21-61-53-43-27-39-31-47(55(3,4)5)33-41(51(39)59)29-45-37-50(58(12,13)14)38-46(54(45)62-22-18-20-26-64-24-16-2)30-42-34-48(56(6,7)8)32-40(52(42)60)28-44(53)36-49(35-43)57(9,10)11/h31-38,59-60H,15-30H2,1-14H3. The number of unbranched alkanes of at least 4 members (excludes halogenated alkanes) is 2. The summed E-state index contributed by atoms with van der Waals surface area (Å²) in [6.07, 6.45) is 8.62. The molecule has 0 radical (unpaired) electrons. The molecule has 1 aliphatic rings. The molecule has 4 nitrogen and oxygen atoms in total. The van der Waals surface area contributed by atoms with Crippen molar-refractivity contribution < 1.29 is 19.7 Å². The highest BCUT2D eigenvalue weighted by Gasteiger charge is 2.28. The lowest BCUT2D eigenvalue weighted by atomic mass is 9.79. The summed E-state index contributed by atoms with van der Waals surface area (Å²) in [7, 11) is 0. The van der Waals surface area contributed by atoms with E-state index in [1.807, 2.05) is 23.5 Å². The van der Waals surface area contributed by atoms with Crippen molar-refractivity contribution in [3.8, 4) is 23.0 Å². The van der Waals surface area contributed by atoms with E-state index in [1.54, 1.807) is 0 Å². The average Bonchev–Trinajstić information content (AvgIpc) is 3.19. The van der Waals surface area contributed by atoms with E-state index in [0.717, 1.165) is 93.2 Å².